The number of benzene rings is 2. The van der Waals surface area contributed by atoms with Crippen LogP contribution >= 0.6 is 0 Å². The Balaban J connectivity index is 1.24. The number of amides is 2. The zero-order valence-electron chi connectivity index (χ0n) is 19.7. The number of carbonyl (C=O) groups excluding carboxylic acids is 2. The molecule has 7 nitrogen and oxygen atoms in total. The van der Waals surface area contributed by atoms with Crippen molar-refractivity contribution < 1.29 is 24.2 Å². The van der Waals surface area contributed by atoms with E-state index >= 15 is 0 Å². The first-order chi connectivity index (χ1) is 16.2. The molecule has 2 N–H and O–H groups in total. The highest BCUT2D eigenvalue weighted by molar-refractivity contribution is 5.87. The zero-order chi connectivity index (χ0) is 24.2. The number of ether oxygens (including phenoxy) is 1. The van der Waals surface area contributed by atoms with Crippen LogP contribution in [0.2, 0.25) is 0 Å². The third kappa shape index (κ3) is 3.83. The molecular weight excluding hydrogens is 432 g/mol. The molecule has 2 aromatic carbocycles. The molecule has 0 radical (unpaired) electrons. The monoisotopic (exact) mass is 462 g/mol. The number of nitrogens with one attached hydrogen (secondary N) is 1. The van der Waals surface area contributed by atoms with Crippen LogP contribution in [0.5, 0.6) is 0 Å². The summed E-state index contributed by atoms with van der Waals surface area (Å²) in [5.74, 6) is -1.32. The molecular formula is C27H30N2O5. The largest absolute Gasteiger partial charge is 0.481 e. The molecule has 1 saturated heterocycles. The van der Waals surface area contributed by atoms with Gasteiger partial charge in [-0.15, -0.1) is 0 Å². The normalized spacial score (nSPS) is 23.5. The third-order valence-electron chi connectivity index (χ3n) is 7.51. The Kier molecular flexibility index (Phi) is 5.38. The maximum absolute atomic E-state index is 13.3. The number of rotatable bonds is 5. The van der Waals surface area contributed by atoms with Crippen LogP contribution in [-0.2, 0) is 14.3 Å². The molecule has 7 heteroatoms. The van der Waals surface area contributed by atoms with Gasteiger partial charge < -0.3 is 20.1 Å². The van der Waals surface area contributed by atoms with E-state index in [1.54, 1.807) is 4.90 Å². The molecule has 1 saturated carbocycles. The number of aliphatic carboxylic acids is 1. The van der Waals surface area contributed by atoms with Gasteiger partial charge in [0.2, 0.25) is 5.91 Å². The number of alkyl carbamates (subject to hydrolysis) is 1. The van der Waals surface area contributed by atoms with E-state index in [4.69, 9.17) is 4.74 Å². The molecule has 0 aromatic heterocycles. The Bertz CT molecular complexity index is 1100. The number of hydrogen-bond acceptors (Lipinski definition) is 4. The van der Waals surface area contributed by atoms with Gasteiger partial charge in [-0.3, -0.25) is 9.59 Å². The van der Waals surface area contributed by atoms with Crippen molar-refractivity contribution >= 4 is 18.0 Å². The fraction of sp³-hybridized carbons (Fsp3) is 0.444. The van der Waals surface area contributed by atoms with Crippen molar-refractivity contribution in [2.24, 2.45) is 23.2 Å². The Labute approximate surface area is 199 Å². The van der Waals surface area contributed by atoms with Gasteiger partial charge in [0.05, 0.1) is 5.92 Å². The smallest absolute Gasteiger partial charge is 0.407 e. The lowest BCUT2D eigenvalue weighted by Crippen LogP contribution is -2.55. The van der Waals surface area contributed by atoms with Crippen LogP contribution in [0.4, 0.5) is 4.79 Å². The van der Waals surface area contributed by atoms with Crippen molar-refractivity contribution in [1.29, 1.82) is 0 Å². The van der Waals surface area contributed by atoms with E-state index in [1.165, 1.54) is 0 Å². The van der Waals surface area contributed by atoms with E-state index in [1.807, 2.05) is 45.0 Å². The minimum Gasteiger partial charge on any atom is -0.481 e. The second-order valence-electron chi connectivity index (χ2n) is 10.7. The maximum Gasteiger partial charge on any atom is 0.407 e. The van der Waals surface area contributed by atoms with Gasteiger partial charge in [-0.1, -0.05) is 69.3 Å². The lowest BCUT2D eigenvalue weighted by molar-refractivity contribution is -0.141. The zero-order valence-corrected chi connectivity index (χ0v) is 19.7. The summed E-state index contributed by atoms with van der Waals surface area (Å²) >= 11 is 0. The number of carboxylic acids is 1. The molecule has 1 unspecified atom stereocenters. The van der Waals surface area contributed by atoms with Gasteiger partial charge in [-0.2, -0.15) is 0 Å². The topological polar surface area (TPSA) is 95.9 Å². The number of nitrogens with zero attached hydrogens (tertiary/aromatic N) is 1. The molecule has 2 aromatic rings. The van der Waals surface area contributed by atoms with E-state index in [0.29, 0.717) is 13.1 Å². The van der Waals surface area contributed by atoms with Crippen molar-refractivity contribution in [1.82, 2.24) is 10.2 Å². The number of fused-ring (bicyclic) bond motifs is 4. The highest BCUT2D eigenvalue weighted by Crippen LogP contribution is 2.52. The first-order valence-corrected chi connectivity index (χ1v) is 11.8. The van der Waals surface area contributed by atoms with Crippen LogP contribution in [0.1, 0.15) is 37.8 Å². The maximum atomic E-state index is 13.3. The van der Waals surface area contributed by atoms with Crippen LogP contribution in [0.25, 0.3) is 11.1 Å². The van der Waals surface area contributed by atoms with Crippen LogP contribution < -0.4 is 5.32 Å². The summed E-state index contributed by atoms with van der Waals surface area (Å²) in [7, 11) is 0. The van der Waals surface area contributed by atoms with E-state index in [2.05, 4.69) is 29.6 Å². The molecule has 3 aliphatic rings. The van der Waals surface area contributed by atoms with Crippen molar-refractivity contribution in [3.05, 3.63) is 59.7 Å². The van der Waals surface area contributed by atoms with E-state index in [0.717, 1.165) is 22.3 Å². The van der Waals surface area contributed by atoms with Gasteiger partial charge in [0.15, 0.2) is 0 Å². The Morgan fingerprint density at radius 3 is 2.03 bits per heavy atom. The molecule has 0 bridgehead atoms. The highest BCUT2D eigenvalue weighted by atomic mass is 16.5. The van der Waals surface area contributed by atoms with Crippen LogP contribution in [0.3, 0.4) is 0 Å². The van der Waals surface area contributed by atoms with E-state index in [9.17, 15) is 19.5 Å². The van der Waals surface area contributed by atoms with Crippen LogP contribution in [0, 0.1) is 23.2 Å². The average Bonchev–Trinajstić information content (AvgIpc) is 3.15. The quantitative estimate of drug-likeness (QED) is 0.706. The first kappa shape index (κ1) is 22.4. The van der Waals surface area contributed by atoms with E-state index in [-0.39, 0.29) is 36.2 Å². The molecule has 2 fully saturated rings. The molecule has 1 aliphatic heterocycles. The Hall–Kier alpha value is -3.35. The van der Waals surface area contributed by atoms with Gasteiger partial charge in [-0.25, -0.2) is 4.79 Å². The summed E-state index contributed by atoms with van der Waals surface area (Å²) < 4.78 is 5.66. The predicted octanol–water partition coefficient (Wildman–Crippen LogP) is 3.73. The lowest BCUT2D eigenvalue weighted by Gasteiger charge is -2.34. The fourth-order valence-electron chi connectivity index (χ4n) is 5.66. The molecule has 4 atom stereocenters. The predicted molar refractivity (Wildman–Crippen MR) is 126 cm³/mol. The summed E-state index contributed by atoms with van der Waals surface area (Å²) in [4.78, 5) is 39.0. The van der Waals surface area contributed by atoms with Crippen LogP contribution in [-0.4, -0.2) is 53.7 Å². The van der Waals surface area contributed by atoms with Gasteiger partial charge in [0.1, 0.15) is 12.6 Å². The highest BCUT2D eigenvalue weighted by Gasteiger charge is 2.61. The van der Waals surface area contributed by atoms with Crippen molar-refractivity contribution in [2.45, 2.75) is 32.7 Å². The molecule has 0 spiro atoms. The molecule has 2 aliphatic carbocycles. The Morgan fingerprint density at radius 2 is 1.53 bits per heavy atom. The summed E-state index contributed by atoms with van der Waals surface area (Å²) in [6.07, 6.45) is -0.622. The second kappa shape index (κ2) is 8.15. The second-order valence-corrected chi connectivity index (χ2v) is 10.7. The number of carboxylic acid groups (broad SMARTS) is 1. The number of carbonyl (C=O) groups is 3. The minimum absolute atomic E-state index is 0.0246. The minimum atomic E-state index is -0.786. The van der Waals surface area contributed by atoms with Gasteiger partial charge in [0, 0.05) is 19.0 Å². The number of likely N-dealkylation sites (tertiary alicyclic amines) is 1. The molecule has 178 valence electrons. The standard InChI is InChI=1S/C27H30N2O5/c1-27(2,3)23(24(30)29-12-19-20(13-29)22(19)25(31)32)28-26(33)34-14-21-17-10-6-4-8-15(17)16-9-5-7-11-18(16)21/h4-11,19-23H,12-14H2,1-3H3,(H,28,33)(H,31,32)/t19-,20+,22?,23-/m0/s1. The lowest BCUT2D eigenvalue weighted by atomic mass is 9.86. The van der Waals surface area contributed by atoms with Crippen molar-refractivity contribution in [2.75, 3.05) is 19.7 Å². The van der Waals surface area contributed by atoms with Gasteiger partial charge in [0.25, 0.3) is 0 Å². The summed E-state index contributed by atoms with van der Waals surface area (Å²) in [5, 5.41) is 12.0. The average molecular weight is 463 g/mol. The van der Waals surface area contributed by atoms with Crippen molar-refractivity contribution in [3.8, 4) is 11.1 Å². The van der Waals surface area contributed by atoms with Crippen molar-refractivity contribution in [3.63, 3.8) is 0 Å². The molecule has 5 rings (SSSR count). The SMILES string of the molecule is CC(C)(C)[C@@H](NC(=O)OCC1c2ccccc2-c2ccccc21)C(=O)N1C[C@@H]2C(C(=O)O)[C@@H]2C1. The van der Waals surface area contributed by atoms with Crippen LogP contribution in [0.15, 0.2) is 48.5 Å². The first-order valence-electron chi connectivity index (χ1n) is 11.8. The summed E-state index contributed by atoms with van der Waals surface area (Å²) in [5.41, 5.74) is 4.04. The molecule has 34 heavy (non-hydrogen) atoms. The Morgan fingerprint density at radius 1 is 1.00 bits per heavy atom. The van der Waals surface area contributed by atoms with Gasteiger partial charge in [-0.05, 0) is 39.5 Å². The third-order valence-corrected chi connectivity index (χ3v) is 7.51. The summed E-state index contributed by atoms with van der Waals surface area (Å²) in [6.45, 7) is 6.74. The summed E-state index contributed by atoms with van der Waals surface area (Å²) in [6, 6.07) is 15.5. The fourth-order valence-corrected chi connectivity index (χ4v) is 5.66. The van der Waals surface area contributed by atoms with E-state index < -0.39 is 23.5 Å². The van der Waals surface area contributed by atoms with Gasteiger partial charge >= 0.3 is 12.1 Å². The number of hydrogen-bond donors (Lipinski definition) is 2. The molecule has 2 amide bonds. The number of piperidine rings is 1. The molecule has 1 heterocycles.